The summed E-state index contributed by atoms with van der Waals surface area (Å²) >= 11 is 0. The number of fused-ring (bicyclic) bond motifs is 1. The molecule has 170 valence electrons. The van der Waals surface area contributed by atoms with Crippen molar-refractivity contribution in [2.45, 2.75) is 52.2 Å². The summed E-state index contributed by atoms with van der Waals surface area (Å²) in [5.41, 5.74) is 2.34. The second-order valence-electron chi connectivity index (χ2n) is 8.97. The SMILES string of the molecule is CCN1CCCC[C@@H]1C(=O)N1CCOc2ccc(CN3CCN(C(C)=O)CC3)cc2C1. The highest BCUT2D eigenvalue weighted by Gasteiger charge is 2.32. The number of hydrogen-bond donors (Lipinski definition) is 0. The molecule has 3 heterocycles. The van der Waals surface area contributed by atoms with Crippen LogP contribution in [0.4, 0.5) is 0 Å². The summed E-state index contributed by atoms with van der Waals surface area (Å²) in [6, 6.07) is 6.41. The summed E-state index contributed by atoms with van der Waals surface area (Å²) in [7, 11) is 0. The lowest BCUT2D eigenvalue weighted by Gasteiger charge is -2.36. The maximum Gasteiger partial charge on any atom is 0.240 e. The summed E-state index contributed by atoms with van der Waals surface area (Å²) in [5, 5.41) is 0. The molecule has 2 amide bonds. The maximum atomic E-state index is 13.4. The van der Waals surface area contributed by atoms with E-state index in [4.69, 9.17) is 4.74 Å². The van der Waals surface area contributed by atoms with Crippen molar-refractivity contribution < 1.29 is 14.3 Å². The van der Waals surface area contributed by atoms with Gasteiger partial charge in [-0.1, -0.05) is 19.4 Å². The number of hydrogen-bond acceptors (Lipinski definition) is 5. The first-order valence-corrected chi connectivity index (χ1v) is 11.8. The Morgan fingerprint density at radius 2 is 1.84 bits per heavy atom. The zero-order valence-electron chi connectivity index (χ0n) is 19.0. The minimum atomic E-state index is 0.0149. The van der Waals surface area contributed by atoms with E-state index in [1.54, 1.807) is 6.92 Å². The van der Waals surface area contributed by atoms with Crippen molar-refractivity contribution in [3.63, 3.8) is 0 Å². The Bertz CT molecular complexity index is 791. The average molecular weight is 429 g/mol. The summed E-state index contributed by atoms with van der Waals surface area (Å²) in [6.07, 6.45) is 3.28. The molecule has 0 spiro atoms. The van der Waals surface area contributed by atoms with Crippen LogP contribution < -0.4 is 4.74 Å². The zero-order valence-corrected chi connectivity index (χ0v) is 19.0. The van der Waals surface area contributed by atoms with E-state index in [1.807, 2.05) is 9.80 Å². The van der Waals surface area contributed by atoms with Crippen LogP contribution in [0.5, 0.6) is 5.75 Å². The number of carbonyl (C=O) groups is 2. The number of carbonyl (C=O) groups excluding carboxylic acids is 2. The third-order valence-electron chi connectivity index (χ3n) is 6.95. The highest BCUT2D eigenvalue weighted by Crippen LogP contribution is 2.27. The van der Waals surface area contributed by atoms with E-state index in [0.29, 0.717) is 19.7 Å². The molecule has 0 radical (unpaired) electrons. The second kappa shape index (κ2) is 10.0. The fourth-order valence-electron chi connectivity index (χ4n) is 5.07. The maximum absolute atomic E-state index is 13.4. The Morgan fingerprint density at radius 3 is 2.58 bits per heavy atom. The fourth-order valence-corrected chi connectivity index (χ4v) is 5.07. The molecule has 0 aliphatic carbocycles. The molecule has 7 heteroatoms. The van der Waals surface area contributed by atoms with Crippen molar-refractivity contribution in [1.82, 2.24) is 19.6 Å². The molecule has 31 heavy (non-hydrogen) atoms. The number of rotatable bonds is 4. The van der Waals surface area contributed by atoms with E-state index in [2.05, 4.69) is 34.9 Å². The molecule has 0 aromatic heterocycles. The van der Waals surface area contributed by atoms with Gasteiger partial charge in [0.15, 0.2) is 0 Å². The average Bonchev–Trinajstić information content (AvgIpc) is 3.01. The van der Waals surface area contributed by atoms with Gasteiger partial charge in [-0.15, -0.1) is 0 Å². The number of piperazine rings is 1. The Morgan fingerprint density at radius 1 is 1.03 bits per heavy atom. The van der Waals surface area contributed by atoms with Gasteiger partial charge in [-0.05, 0) is 43.6 Å². The third-order valence-corrected chi connectivity index (χ3v) is 6.95. The normalized spacial score (nSPS) is 23.1. The molecule has 0 saturated carbocycles. The lowest BCUT2D eigenvalue weighted by molar-refractivity contribution is -0.139. The van der Waals surface area contributed by atoms with E-state index in [-0.39, 0.29) is 17.9 Å². The van der Waals surface area contributed by atoms with Crippen molar-refractivity contribution in [3.05, 3.63) is 29.3 Å². The van der Waals surface area contributed by atoms with Crippen molar-refractivity contribution in [2.75, 3.05) is 52.4 Å². The minimum Gasteiger partial charge on any atom is -0.491 e. The number of likely N-dealkylation sites (N-methyl/N-ethyl adjacent to an activating group) is 1. The van der Waals surface area contributed by atoms with Crippen LogP contribution in [0.2, 0.25) is 0 Å². The molecule has 4 rings (SSSR count). The highest BCUT2D eigenvalue weighted by molar-refractivity contribution is 5.82. The zero-order chi connectivity index (χ0) is 21.8. The number of ether oxygens (including phenoxy) is 1. The fraction of sp³-hybridized carbons (Fsp3) is 0.667. The first kappa shape index (κ1) is 22.1. The largest absolute Gasteiger partial charge is 0.491 e. The van der Waals surface area contributed by atoms with Gasteiger partial charge in [-0.2, -0.15) is 0 Å². The van der Waals surface area contributed by atoms with Gasteiger partial charge in [0, 0.05) is 51.8 Å². The van der Waals surface area contributed by atoms with Gasteiger partial charge < -0.3 is 14.5 Å². The number of amides is 2. The van der Waals surface area contributed by atoms with E-state index in [9.17, 15) is 9.59 Å². The van der Waals surface area contributed by atoms with Crippen molar-refractivity contribution in [2.24, 2.45) is 0 Å². The van der Waals surface area contributed by atoms with Crippen molar-refractivity contribution in [1.29, 1.82) is 0 Å². The second-order valence-corrected chi connectivity index (χ2v) is 8.97. The predicted octanol–water partition coefficient (Wildman–Crippen LogP) is 1.95. The summed E-state index contributed by atoms with van der Waals surface area (Å²) in [5.74, 6) is 1.31. The lowest BCUT2D eigenvalue weighted by Crippen LogP contribution is -2.51. The molecule has 0 N–H and O–H groups in total. The summed E-state index contributed by atoms with van der Waals surface area (Å²) in [6.45, 7) is 11.8. The van der Waals surface area contributed by atoms with E-state index >= 15 is 0 Å². The molecule has 2 saturated heterocycles. The molecule has 7 nitrogen and oxygen atoms in total. The number of likely N-dealkylation sites (tertiary alicyclic amines) is 1. The standard InChI is InChI=1S/C24H36N4O3/c1-3-26-9-5-4-6-22(26)24(30)28-14-15-31-23-8-7-20(16-21(23)18-28)17-25-10-12-27(13-11-25)19(2)29/h7-8,16,22H,3-6,9-15,17-18H2,1-2H3/t22-/m1/s1. The van der Waals surface area contributed by atoms with Gasteiger partial charge in [0.2, 0.25) is 11.8 Å². The topological polar surface area (TPSA) is 56.3 Å². The molecule has 0 unspecified atom stereocenters. The van der Waals surface area contributed by atoms with Crippen LogP contribution in [-0.2, 0) is 22.7 Å². The monoisotopic (exact) mass is 428 g/mol. The van der Waals surface area contributed by atoms with Crippen LogP contribution in [0, 0.1) is 0 Å². The van der Waals surface area contributed by atoms with E-state index in [0.717, 1.165) is 70.0 Å². The molecule has 1 aromatic rings. The van der Waals surface area contributed by atoms with Crippen LogP contribution >= 0.6 is 0 Å². The molecular formula is C24H36N4O3. The van der Waals surface area contributed by atoms with Crippen LogP contribution in [0.1, 0.15) is 44.2 Å². The Kier molecular flexibility index (Phi) is 7.13. The Hall–Kier alpha value is -2.12. The number of nitrogens with zero attached hydrogens (tertiary/aromatic N) is 4. The van der Waals surface area contributed by atoms with E-state index < -0.39 is 0 Å². The van der Waals surface area contributed by atoms with Crippen LogP contribution in [0.15, 0.2) is 18.2 Å². The molecule has 2 fully saturated rings. The third kappa shape index (κ3) is 5.21. The van der Waals surface area contributed by atoms with E-state index in [1.165, 1.54) is 12.0 Å². The molecule has 3 aliphatic heterocycles. The molecule has 1 atom stereocenters. The predicted molar refractivity (Wildman–Crippen MR) is 120 cm³/mol. The lowest BCUT2D eigenvalue weighted by atomic mass is 10.0. The first-order chi connectivity index (χ1) is 15.0. The Balaban J connectivity index is 1.42. The molecule has 1 aromatic carbocycles. The molecule has 0 bridgehead atoms. The van der Waals surface area contributed by atoms with Gasteiger partial charge in [0.25, 0.3) is 0 Å². The molecule has 3 aliphatic rings. The van der Waals surface area contributed by atoms with Crippen LogP contribution in [0.25, 0.3) is 0 Å². The number of piperidine rings is 1. The Labute approximate surface area is 185 Å². The van der Waals surface area contributed by atoms with Gasteiger partial charge in [0.05, 0.1) is 12.6 Å². The van der Waals surface area contributed by atoms with Crippen molar-refractivity contribution in [3.8, 4) is 5.75 Å². The van der Waals surface area contributed by atoms with Gasteiger partial charge in [-0.25, -0.2) is 0 Å². The molecular weight excluding hydrogens is 392 g/mol. The van der Waals surface area contributed by atoms with Crippen molar-refractivity contribution >= 4 is 11.8 Å². The van der Waals surface area contributed by atoms with Gasteiger partial charge in [-0.3, -0.25) is 19.4 Å². The summed E-state index contributed by atoms with van der Waals surface area (Å²) in [4.78, 5) is 33.5. The first-order valence-electron chi connectivity index (χ1n) is 11.8. The van der Waals surface area contributed by atoms with Crippen LogP contribution in [0.3, 0.4) is 0 Å². The minimum absolute atomic E-state index is 0.0149. The number of benzene rings is 1. The summed E-state index contributed by atoms with van der Waals surface area (Å²) < 4.78 is 5.99. The smallest absolute Gasteiger partial charge is 0.240 e. The highest BCUT2D eigenvalue weighted by atomic mass is 16.5. The quantitative estimate of drug-likeness (QED) is 0.734. The van der Waals surface area contributed by atoms with Gasteiger partial charge >= 0.3 is 0 Å². The van der Waals surface area contributed by atoms with Gasteiger partial charge in [0.1, 0.15) is 12.4 Å². The van der Waals surface area contributed by atoms with Crippen LogP contribution in [-0.4, -0.2) is 89.9 Å².